The molecule has 0 spiro atoms. The first-order chi connectivity index (χ1) is 62.0. The maximum Gasteiger partial charge on any atom is 0.241 e. The molecular formula is C113H70N12. The van der Waals surface area contributed by atoms with Crippen LogP contribution in [-0.2, 0) is 0 Å². The van der Waals surface area contributed by atoms with Gasteiger partial charge in [-0.2, -0.15) is 15.0 Å². The molecule has 0 saturated carbocycles. The van der Waals surface area contributed by atoms with Crippen molar-refractivity contribution in [3.63, 3.8) is 0 Å². The second kappa shape index (κ2) is 28.8. The molecule has 0 N–H and O–H groups in total. The molecule has 0 atom stereocenters. The van der Waals surface area contributed by atoms with E-state index in [0.717, 1.165) is 199 Å². The van der Waals surface area contributed by atoms with Crippen molar-refractivity contribution in [2.24, 2.45) is 0 Å². The summed E-state index contributed by atoms with van der Waals surface area (Å²) in [5.74, 6) is 2.69. The van der Waals surface area contributed by atoms with Crippen LogP contribution >= 0.6 is 0 Å². The molecule has 0 aliphatic rings. The van der Waals surface area contributed by atoms with Crippen LogP contribution in [0.1, 0.15) is 0 Å². The van der Waals surface area contributed by atoms with Crippen LogP contribution in [-0.4, -0.2) is 57.7 Å². The Bertz CT molecular complexity index is 8360. The largest absolute Gasteiger partial charge is 0.309 e. The van der Waals surface area contributed by atoms with Gasteiger partial charge in [0.2, 0.25) is 23.8 Å². The maximum atomic E-state index is 5.69. The van der Waals surface area contributed by atoms with Crippen molar-refractivity contribution in [3.8, 4) is 130 Å². The van der Waals surface area contributed by atoms with Gasteiger partial charge in [0, 0.05) is 88.0 Å². The van der Waals surface area contributed by atoms with Gasteiger partial charge >= 0.3 is 0 Å². The number of hydrogen-bond acceptors (Lipinski definition) is 7. The number of fused-ring (bicyclic) bond motifs is 15. The molecule has 0 aliphatic heterocycles. The Kier molecular flexibility index (Phi) is 16.4. The molecule has 8 heterocycles. The van der Waals surface area contributed by atoms with E-state index in [-0.39, 0.29) is 0 Å². The molecule has 25 rings (SSSR count). The Labute approximate surface area is 717 Å². The number of para-hydroxylation sites is 8. The zero-order valence-corrected chi connectivity index (χ0v) is 67.3. The van der Waals surface area contributed by atoms with E-state index in [1.807, 2.05) is 18.3 Å². The van der Waals surface area contributed by atoms with Gasteiger partial charge in [0.1, 0.15) is 0 Å². The van der Waals surface area contributed by atoms with E-state index >= 15 is 0 Å². The van der Waals surface area contributed by atoms with E-state index in [4.69, 9.17) is 34.9 Å². The highest BCUT2D eigenvalue weighted by molar-refractivity contribution is 6.15. The lowest BCUT2D eigenvalue weighted by Gasteiger charge is -2.15. The third-order valence-electron chi connectivity index (χ3n) is 24.9. The summed E-state index contributed by atoms with van der Waals surface area (Å²) in [6.07, 6.45) is 1.91. The maximum absolute atomic E-state index is 5.69. The van der Waals surface area contributed by atoms with Gasteiger partial charge in [-0.15, -0.1) is 0 Å². The SMILES string of the molecule is c1ccc(-c2ccc(-c3cc(-c4ccc5c(c4)c4ccccc4n5-c4nc(-n5c6ccccc6c6ccccc65)nc(-n5c6ccccc6c6ccccc65)n4)cc(-c4ccnc(-n5c6ccccc6c6cc(-c7cccc(-c8cc(-c9ccccc9)nc(-c9ccc(-n%10c%11ccccc%11c%11ccccc%11%10)cc9)n8)c7)c(-c7ccccc7)cc65)n4)c3)cc2)cc1. The molecule has 582 valence electrons. The van der Waals surface area contributed by atoms with Crippen LogP contribution in [0.25, 0.3) is 239 Å². The smallest absolute Gasteiger partial charge is 0.241 e. The van der Waals surface area contributed by atoms with Gasteiger partial charge in [-0.3, -0.25) is 18.3 Å². The summed E-state index contributed by atoms with van der Waals surface area (Å²) in [5, 5.41) is 11.1. The summed E-state index contributed by atoms with van der Waals surface area (Å²) in [4.78, 5) is 38.4. The van der Waals surface area contributed by atoms with Crippen molar-refractivity contribution in [3.05, 3.63) is 425 Å². The van der Waals surface area contributed by atoms with E-state index in [1.165, 1.54) is 10.8 Å². The molecule has 0 unspecified atom stereocenters. The molecule has 0 radical (unpaired) electrons. The summed E-state index contributed by atoms with van der Waals surface area (Å²) in [6, 6.07) is 149. The lowest BCUT2D eigenvalue weighted by Crippen LogP contribution is -2.13. The first kappa shape index (κ1) is 70.9. The molecule has 0 amide bonds. The van der Waals surface area contributed by atoms with Crippen molar-refractivity contribution in [1.82, 2.24) is 57.7 Å². The standard InChI is InChI=1S/C113H70N12/c1-4-27-71(28-5-1)72-51-53-73(54-52-72)80-64-81(77-57-60-107-94(67-77)90-41-16-24-49-105(90)124(107)113-119-111(122-101-45-20-12-37-86(101)87-38-13-21-46-102(87)122)118-112(120-113)123-103-47-22-14-39-88(103)89-40-15-23-48-104(89)123)66-82(65-80)96-61-62-114-110(117-96)125-106-50-25-17-42-91(106)95-68-92(93(69-108(95)125)74-29-6-2-7-30-74)78-33-26-34-79(63-78)98-70-97(75-31-8-3-9-32-75)115-109(116-98)76-55-58-83(59-56-76)121-99-43-18-10-35-84(99)85-36-11-19-44-100(85)121/h1-70H. The third-order valence-corrected chi connectivity index (χ3v) is 24.9. The summed E-state index contributed by atoms with van der Waals surface area (Å²) in [6.45, 7) is 0. The van der Waals surface area contributed by atoms with Crippen LogP contribution in [0.5, 0.6) is 0 Å². The van der Waals surface area contributed by atoms with Gasteiger partial charge in [0.25, 0.3) is 0 Å². The van der Waals surface area contributed by atoms with Crippen LogP contribution in [0.15, 0.2) is 425 Å². The molecule has 125 heavy (non-hydrogen) atoms. The van der Waals surface area contributed by atoms with E-state index in [1.54, 1.807) is 0 Å². The first-order valence-corrected chi connectivity index (χ1v) is 42.2. The lowest BCUT2D eigenvalue weighted by atomic mass is 9.91. The Balaban J connectivity index is 0.624. The van der Waals surface area contributed by atoms with E-state index in [9.17, 15) is 0 Å². The van der Waals surface area contributed by atoms with Crippen LogP contribution in [0.3, 0.4) is 0 Å². The number of nitrogens with zero attached hydrogens (tertiary/aromatic N) is 12. The summed E-state index contributed by atoms with van der Waals surface area (Å²) < 4.78 is 11.2. The number of aromatic nitrogens is 12. The first-order valence-electron chi connectivity index (χ1n) is 42.2. The van der Waals surface area contributed by atoms with Crippen molar-refractivity contribution in [1.29, 1.82) is 0 Å². The fraction of sp³-hybridized carbons (Fsp3) is 0. The molecule has 0 aliphatic carbocycles. The Hall–Kier alpha value is -17.1. The average molecular weight is 1600 g/mol. The van der Waals surface area contributed by atoms with E-state index in [0.29, 0.717) is 29.6 Å². The van der Waals surface area contributed by atoms with Crippen molar-refractivity contribution in [2.45, 2.75) is 0 Å². The van der Waals surface area contributed by atoms with Gasteiger partial charge in [0.05, 0.1) is 72.2 Å². The minimum absolute atomic E-state index is 0.489. The minimum Gasteiger partial charge on any atom is -0.309 e. The highest BCUT2D eigenvalue weighted by atomic mass is 15.3. The van der Waals surface area contributed by atoms with Crippen molar-refractivity contribution >= 4 is 109 Å². The lowest BCUT2D eigenvalue weighted by molar-refractivity contribution is 0.848. The number of benzene rings is 17. The zero-order valence-electron chi connectivity index (χ0n) is 67.3. The van der Waals surface area contributed by atoms with Crippen LogP contribution < -0.4 is 0 Å². The third kappa shape index (κ3) is 11.8. The van der Waals surface area contributed by atoms with Gasteiger partial charge in [-0.25, -0.2) is 19.9 Å². The Morgan fingerprint density at radius 2 is 0.488 bits per heavy atom. The summed E-state index contributed by atoms with van der Waals surface area (Å²) in [5.41, 5.74) is 28.2. The Morgan fingerprint density at radius 1 is 0.152 bits per heavy atom. The quantitative estimate of drug-likeness (QED) is 0.106. The molecule has 12 heteroatoms. The fourth-order valence-electron chi connectivity index (χ4n) is 19.1. The predicted octanol–water partition coefficient (Wildman–Crippen LogP) is 27.9. The number of rotatable bonds is 14. The van der Waals surface area contributed by atoms with Gasteiger partial charge in [-0.1, -0.05) is 285 Å². The fourth-order valence-corrected chi connectivity index (χ4v) is 19.1. The van der Waals surface area contributed by atoms with E-state index < -0.39 is 0 Å². The molecular weight excluding hydrogens is 1530 g/mol. The molecule has 12 nitrogen and oxygen atoms in total. The predicted molar refractivity (Wildman–Crippen MR) is 512 cm³/mol. The van der Waals surface area contributed by atoms with Crippen LogP contribution in [0.4, 0.5) is 0 Å². The molecule has 0 saturated heterocycles. The average Bonchev–Trinajstić information content (AvgIpc) is 1.57. The molecule has 17 aromatic carbocycles. The molecule has 8 aromatic heterocycles. The highest BCUT2D eigenvalue weighted by Crippen LogP contribution is 2.46. The molecule has 25 aromatic rings. The van der Waals surface area contributed by atoms with Crippen LogP contribution in [0.2, 0.25) is 0 Å². The molecule has 0 fully saturated rings. The van der Waals surface area contributed by atoms with Gasteiger partial charge < -0.3 is 4.57 Å². The highest BCUT2D eigenvalue weighted by Gasteiger charge is 2.27. The molecule has 0 bridgehead atoms. The summed E-state index contributed by atoms with van der Waals surface area (Å²) >= 11 is 0. The van der Waals surface area contributed by atoms with Gasteiger partial charge in [-0.05, 0) is 189 Å². The van der Waals surface area contributed by atoms with E-state index in [2.05, 4.69) is 429 Å². The minimum atomic E-state index is 0.489. The van der Waals surface area contributed by atoms with Crippen molar-refractivity contribution < 1.29 is 0 Å². The topological polar surface area (TPSA) is 115 Å². The second-order valence-corrected chi connectivity index (χ2v) is 32.0. The zero-order chi connectivity index (χ0) is 82.2. The number of hydrogen-bond donors (Lipinski definition) is 0. The Morgan fingerprint density at radius 3 is 0.984 bits per heavy atom. The second-order valence-electron chi connectivity index (χ2n) is 32.0. The monoisotopic (exact) mass is 1590 g/mol. The van der Waals surface area contributed by atoms with Crippen molar-refractivity contribution in [2.75, 3.05) is 0 Å². The normalized spacial score (nSPS) is 11.8. The van der Waals surface area contributed by atoms with Crippen LogP contribution in [0, 0.1) is 0 Å². The van der Waals surface area contributed by atoms with Gasteiger partial charge in [0.15, 0.2) is 5.82 Å². The summed E-state index contributed by atoms with van der Waals surface area (Å²) in [7, 11) is 0.